The van der Waals surface area contributed by atoms with Gasteiger partial charge in [0.15, 0.2) is 0 Å². The molecule has 1 atom stereocenters. The molecule has 0 spiro atoms. The molecule has 1 aromatic carbocycles. The zero-order valence-electron chi connectivity index (χ0n) is 18.9. The van der Waals surface area contributed by atoms with E-state index in [0.29, 0.717) is 18.4 Å². The van der Waals surface area contributed by atoms with Gasteiger partial charge in [-0.15, -0.1) is 0 Å². The minimum Gasteiger partial charge on any atom is -0.371 e. The second-order valence-electron chi connectivity index (χ2n) is 9.13. The molecule has 0 aromatic heterocycles. The second kappa shape index (κ2) is 11.4. The lowest BCUT2D eigenvalue weighted by Gasteiger charge is -2.36. The molecule has 30 heavy (non-hydrogen) atoms. The SMILES string of the molecule is CCC(=O)Nc1ccc(N2CCCC(CCCN(C=O)C3CCCCC3)C2)c(C)c1. The van der Waals surface area contributed by atoms with Crippen molar-refractivity contribution in [3.05, 3.63) is 23.8 Å². The van der Waals surface area contributed by atoms with Crippen molar-refractivity contribution in [3.8, 4) is 0 Å². The number of hydrogen-bond acceptors (Lipinski definition) is 3. The van der Waals surface area contributed by atoms with Crippen molar-refractivity contribution in [2.24, 2.45) is 5.92 Å². The summed E-state index contributed by atoms with van der Waals surface area (Å²) in [6.07, 6.45) is 12.6. The molecule has 1 aliphatic heterocycles. The van der Waals surface area contributed by atoms with Crippen LogP contribution >= 0.6 is 0 Å². The molecule has 2 fully saturated rings. The predicted octanol–water partition coefficient (Wildman–Crippen LogP) is 5.13. The van der Waals surface area contributed by atoms with Gasteiger partial charge in [-0.05, 0) is 75.1 Å². The second-order valence-corrected chi connectivity index (χ2v) is 9.13. The number of aryl methyl sites for hydroxylation is 1. The van der Waals surface area contributed by atoms with Crippen molar-refractivity contribution >= 4 is 23.7 Å². The quantitative estimate of drug-likeness (QED) is 0.571. The highest BCUT2D eigenvalue weighted by molar-refractivity contribution is 5.90. The van der Waals surface area contributed by atoms with Gasteiger partial charge in [-0.2, -0.15) is 0 Å². The summed E-state index contributed by atoms with van der Waals surface area (Å²) >= 11 is 0. The van der Waals surface area contributed by atoms with Crippen molar-refractivity contribution in [2.75, 3.05) is 29.9 Å². The van der Waals surface area contributed by atoms with E-state index in [0.717, 1.165) is 38.2 Å². The van der Waals surface area contributed by atoms with Crippen LogP contribution in [0.15, 0.2) is 18.2 Å². The maximum absolute atomic E-state index is 11.6. The maximum atomic E-state index is 11.6. The van der Waals surface area contributed by atoms with Gasteiger partial charge in [-0.3, -0.25) is 9.59 Å². The first kappa shape index (κ1) is 22.6. The Hall–Kier alpha value is -2.04. The highest BCUT2D eigenvalue weighted by atomic mass is 16.1. The van der Waals surface area contributed by atoms with Gasteiger partial charge in [-0.1, -0.05) is 26.2 Å². The summed E-state index contributed by atoms with van der Waals surface area (Å²) in [6.45, 7) is 7.10. The van der Waals surface area contributed by atoms with Gasteiger partial charge in [0.2, 0.25) is 12.3 Å². The topological polar surface area (TPSA) is 52.7 Å². The number of carbonyl (C=O) groups excluding carboxylic acids is 2. The van der Waals surface area contributed by atoms with Crippen molar-refractivity contribution < 1.29 is 9.59 Å². The molecule has 1 heterocycles. The minimum absolute atomic E-state index is 0.0535. The smallest absolute Gasteiger partial charge is 0.224 e. The van der Waals surface area contributed by atoms with E-state index in [1.165, 1.54) is 62.6 Å². The fraction of sp³-hybridized carbons (Fsp3) is 0.680. The summed E-state index contributed by atoms with van der Waals surface area (Å²) in [5.74, 6) is 0.746. The van der Waals surface area contributed by atoms with Crippen LogP contribution in [0.5, 0.6) is 0 Å². The van der Waals surface area contributed by atoms with Crippen LogP contribution < -0.4 is 10.2 Å². The predicted molar refractivity (Wildman–Crippen MR) is 124 cm³/mol. The van der Waals surface area contributed by atoms with Gasteiger partial charge >= 0.3 is 0 Å². The van der Waals surface area contributed by atoms with Gasteiger partial charge < -0.3 is 15.1 Å². The molecule has 166 valence electrons. The minimum atomic E-state index is 0.0535. The van der Waals surface area contributed by atoms with Gasteiger partial charge in [0.05, 0.1) is 0 Å². The monoisotopic (exact) mass is 413 g/mol. The molecule has 5 heteroatoms. The molecule has 5 nitrogen and oxygen atoms in total. The Morgan fingerprint density at radius 3 is 2.70 bits per heavy atom. The van der Waals surface area contributed by atoms with E-state index in [-0.39, 0.29) is 5.91 Å². The summed E-state index contributed by atoms with van der Waals surface area (Å²) in [5, 5.41) is 2.95. The molecule has 1 N–H and O–H groups in total. The summed E-state index contributed by atoms with van der Waals surface area (Å²) in [6, 6.07) is 6.73. The highest BCUT2D eigenvalue weighted by Gasteiger charge is 2.23. The van der Waals surface area contributed by atoms with E-state index in [9.17, 15) is 9.59 Å². The van der Waals surface area contributed by atoms with Crippen LogP contribution in [0.25, 0.3) is 0 Å². The Labute approximate surface area is 182 Å². The van der Waals surface area contributed by atoms with Gasteiger partial charge in [-0.25, -0.2) is 0 Å². The molecule has 3 rings (SSSR count). The summed E-state index contributed by atoms with van der Waals surface area (Å²) < 4.78 is 0. The Morgan fingerprint density at radius 2 is 2.00 bits per heavy atom. The highest BCUT2D eigenvalue weighted by Crippen LogP contribution is 2.30. The van der Waals surface area contributed by atoms with Gasteiger partial charge in [0, 0.05) is 43.5 Å². The van der Waals surface area contributed by atoms with Crippen LogP contribution in [0.1, 0.15) is 76.7 Å². The van der Waals surface area contributed by atoms with Crippen molar-refractivity contribution in [2.45, 2.75) is 84.1 Å². The Balaban J connectivity index is 1.50. The fourth-order valence-corrected chi connectivity index (χ4v) is 5.15. The van der Waals surface area contributed by atoms with Crippen LogP contribution in [0.2, 0.25) is 0 Å². The van der Waals surface area contributed by atoms with Gasteiger partial charge in [0.25, 0.3) is 0 Å². The molecular weight excluding hydrogens is 374 g/mol. The molecule has 2 aliphatic rings. The number of anilines is 2. The number of benzene rings is 1. The normalized spacial score (nSPS) is 20.1. The first-order chi connectivity index (χ1) is 14.6. The lowest BCUT2D eigenvalue weighted by atomic mass is 9.91. The number of carbonyl (C=O) groups is 2. The first-order valence-electron chi connectivity index (χ1n) is 12.0. The molecule has 1 saturated heterocycles. The Bertz CT molecular complexity index is 700. The molecule has 0 bridgehead atoms. The number of amides is 2. The molecule has 2 amide bonds. The lowest BCUT2D eigenvalue weighted by molar-refractivity contribution is -0.121. The van der Waals surface area contributed by atoms with E-state index in [1.807, 2.05) is 13.0 Å². The standard InChI is InChI=1S/C25H39N3O2/c1-3-25(30)26-22-13-14-24(20(2)17-22)27-15-7-9-21(18-27)10-8-16-28(19-29)23-11-5-4-6-12-23/h13-14,17,19,21,23H,3-12,15-16,18H2,1-2H3,(H,26,30). The average molecular weight is 414 g/mol. The zero-order chi connectivity index (χ0) is 21.3. The van der Waals surface area contributed by atoms with Gasteiger partial charge in [0.1, 0.15) is 0 Å². The van der Waals surface area contributed by atoms with Crippen LogP contribution in [0.3, 0.4) is 0 Å². The zero-order valence-corrected chi connectivity index (χ0v) is 18.9. The van der Waals surface area contributed by atoms with Crippen LogP contribution in [0, 0.1) is 12.8 Å². The van der Waals surface area contributed by atoms with E-state index >= 15 is 0 Å². The van der Waals surface area contributed by atoms with E-state index in [4.69, 9.17) is 0 Å². The Morgan fingerprint density at radius 1 is 1.20 bits per heavy atom. The molecule has 1 aromatic rings. The number of nitrogens with one attached hydrogen (secondary N) is 1. The van der Waals surface area contributed by atoms with E-state index in [2.05, 4.69) is 34.2 Å². The molecule has 1 aliphatic carbocycles. The fourth-order valence-electron chi connectivity index (χ4n) is 5.15. The number of piperidine rings is 1. The first-order valence-corrected chi connectivity index (χ1v) is 12.0. The largest absolute Gasteiger partial charge is 0.371 e. The average Bonchev–Trinajstić information content (AvgIpc) is 2.77. The summed E-state index contributed by atoms with van der Waals surface area (Å²) in [4.78, 5) is 27.8. The van der Waals surface area contributed by atoms with Crippen LogP contribution in [0.4, 0.5) is 11.4 Å². The molecule has 1 unspecified atom stereocenters. The molecular formula is C25H39N3O2. The number of hydrogen-bond donors (Lipinski definition) is 1. The number of nitrogens with zero attached hydrogens (tertiary/aromatic N) is 2. The van der Waals surface area contributed by atoms with Crippen LogP contribution in [-0.2, 0) is 9.59 Å². The summed E-state index contributed by atoms with van der Waals surface area (Å²) in [5.41, 5.74) is 3.38. The van der Waals surface area contributed by atoms with Crippen molar-refractivity contribution in [1.82, 2.24) is 4.90 Å². The third kappa shape index (κ3) is 6.23. The van der Waals surface area contributed by atoms with Crippen molar-refractivity contribution in [1.29, 1.82) is 0 Å². The molecule has 1 saturated carbocycles. The lowest BCUT2D eigenvalue weighted by Crippen LogP contribution is -2.38. The van der Waals surface area contributed by atoms with E-state index < -0.39 is 0 Å². The molecule has 0 radical (unpaired) electrons. The van der Waals surface area contributed by atoms with Crippen molar-refractivity contribution in [3.63, 3.8) is 0 Å². The summed E-state index contributed by atoms with van der Waals surface area (Å²) in [7, 11) is 0. The van der Waals surface area contributed by atoms with E-state index in [1.54, 1.807) is 0 Å². The third-order valence-corrected chi connectivity index (χ3v) is 6.87. The Kier molecular flexibility index (Phi) is 8.59. The third-order valence-electron chi connectivity index (χ3n) is 6.87. The van der Waals surface area contributed by atoms with Crippen LogP contribution in [-0.4, -0.2) is 42.9 Å². The maximum Gasteiger partial charge on any atom is 0.224 e. The number of rotatable bonds is 9.